The minimum Gasteiger partial charge on any atom is -0.316 e. The Morgan fingerprint density at radius 1 is 1.19 bits per heavy atom. The van der Waals surface area contributed by atoms with Crippen LogP contribution in [-0.2, 0) is 0 Å². The maximum absolute atomic E-state index is 3.60. The van der Waals surface area contributed by atoms with E-state index in [4.69, 9.17) is 0 Å². The van der Waals surface area contributed by atoms with Gasteiger partial charge in [0.05, 0.1) is 0 Å². The standard InChI is InChI=1S/C15H31N/c1-5-9-13(2)12-14(16-4)15(3)10-7-6-8-11-15/h13-14,16H,5-12H2,1-4H3. The summed E-state index contributed by atoms with van der Waals surface area (Å²) >= 11 is 0. The summed E-state index contributed by atoms with van der Waals surface area (Å²) in [6.07, 6.45) is 11.3. The molecule has 0 aromatic heterocycles. The van der Waals surface area contributed by atoms with Crippen molar-refractivity contribution in [3.8, 4) is 0 Å². The Morgan fingerprint density at radius 3 is 2.31 bits per heavy atom. The minimum absolute atomic E-state index is 0.564. The second kappa shape index (κ2) is 6.64. The summed E-state index contributed by atoms with van der Waals surface area (Å²) in [4.78, 5) is 0. The van der Waals surface area contributed by atoms with Crippen LogP contribution in [0.2, 0.25) is 0 Å². The highest BCUT2D eigenvalue weighted by molar-refractivity contribution is 4.90. The fourth-order valence-corrected chi connectivity index (χ4v) is 3.47. The average Bonchev–Trinajstić information content (AvgIpc) is 2.27. The summed E-state index contributed by atoms with van der Waals surface area (Å²) < 4.78 is 0. The van der Waals surface area contributed by atoms with Gasteiger partial charge in [-0.2, -0.15) is 0 Å². The SMILES string of the molecule is CCCC(C)CC(NC)C1(C)CCCCC1. The smallest absolute Gasteiger partial charge is 0.0120 e. The van der Waals surface area contributed by atoms with E-state index < -0.39 is 0 Å². The van der Waals surface area contributed by atoms with Crippen molar-refractivity contribution in [2.24, 2.45) is 11.3 Å². The summed E-state index contributed by atoms with van der Waals surface area (Å²) in [5.74, 6) is 0.876. The van der Waals surface area contributed by atoms with E-state index in [1.807, 2.05) is 0 Å². The highest BCUT2D eigenvalue weighted by Gasteiger charge is 2.34. The van der Waals surface area contributed by atoms with Gasteiger partial charge in [0.25, 0.3) is 0 Å². The van der Waals surface area contributed by atoms with Crippen molar-refractivity contribution in [3.05, 3.63) is 0 Å². The van der Waals surface area contributed by atoms with Gasteiger partial charge >= 0.3 is 0 Å². The van der Waals surface area contributed by atoms with Crippen LogP contribution in [0.5, 0.6) is 0 Å². The monoisotopic (exact) mass is 225 g/mol. The molecule has 1 heteroatoms. The van der Waals surface area contributed by atoms with E-state index in [0.717, 1.165) is 12.0 Å². The van der Waals surface area contributed by atoms with Crippen LogP contribution in [0.1, 0.15) is 72.1 Å². The molecule has 1 rings (SSSR count). The first kappa shape index (κ1) is 14.0. The summed E-state index contributed by atoms with van der Waals surface area (Å²) in [7, 11) is 2.16. The van der Waals surface area contributed by atoms with Gasteiger partial charge in [-0.3, -0.25) is 0 Å². The van der Waals surface area contributed by atoms with E-state index >= 15 is 0 Å². The molecule has 1 N–H and O–H groups in total. The molecule has 2 atom stereocenters. The largest absolute Gasteiger partial charge is 0.316 e. The normalized spacial score (nSPS) is 24.0. The molecule has 2 unspecified atom stereocenters. The molecule has 0 bridgehead atoms. The predicted molar refractivity (Wildman–Crippen MR) is 72.7 cm³/mol. The second-order valence-electron chi connectivity index (χ2n) is 6.19. The summed E-state index contributed by atoms with van der Waals surface area (Å²) in [6.45, 7) is 7.22. The van der Waals surface area contributed by atoms with Crippen LogP contribution in [0.4, 0.5) is 0 Å². The minimum atomic E-state index is 0.564. The molecule has 16 heavy (non-hydrogen) atoms. The summed E-state index contributed by atoms with van der Waals surface area (Å²) in [6, 6.07) is 0.731. The van der Waals surface area contributed by atoms with Crippen LogP contribution < -0.4 is 5.32 Å². The fraction of sp³-hybridized carbons (Fsp3) is 1.00. The lowest BCUT2D eigenvalue weighted by atomic mass is 9.68. The van der Waals surface area contributed by atoms with Crippen molar-refractivity contribution in [2.45, 2.75) is 78.2 Å². The maximum Gasteiger partial charge on any atom is 0.0120 e. The van der Waals surface area contributed by atoms with Gasteiger partial charge in [0.15, 0.2) is 0 Å². The van der Waals surface area contributed by atoms with E-state index in [1.54, 1.807) is 0 Å². The number of hydrogen-bond donors (Lipinski definition) is 1. The van der Waals surface area contributed by atoms with Gasteiger partial charge in [-0.05, 0) is 37.6 Å². The number of hydrogen-bond acceptors (Lipinski definition) is 1. The zero-order valence-electron chi connectivity index (χ0n) is 11.8. The molecule has 1 nitrogen and oxygen atoms in total. The molecule has 0 radical (unpaired) electrons. The molecule has 0 saturated heterocycles. The van der Waals surface area contributed by atoms with Crippen LogP contribution >= 0.6 is 0 Å². The van der Waals surface area contributed by atoms with E-state index in [-0.39, 0.29) is 0 Å². The number of nitrogens with one attached hydrogen (secondary N) is 1. The lowest BCUT2D eigenvalue weighted by Gasteiger charge is -2.42. The highest BCUT2D eigenvalue weighted by atomic mass is 14.9. The first-order chi connectivity index (χ1) is 7.62. The van der Waals surface area contributed by atoms with Crippen molar-refractivity contribution in [1.82, 2.24) is 5.32 Å². The molecule has 0 aliphatic heterocycles. The molecule has 1 saturated carbocycles. The van der Waals surface area contributed by atoms with Crippen molar-refractivity contribution >= 4 is 0 Å². The molecular weight excluding hydrogens is 194 g/mol. The summed E-state index contributed by atoms with van der Waals surface area (Å²) in [5, 5.41) is 3.60. The van der Waals surface area contributed by atoms with Gasteiger partial charge in [-0.1, -0.05) is 52.9 Å². The average molecular weight is 225 g/mol. The molecular formula is C15H31N. The first-order valence-electron chi connectivity index (χ1n) is 7.29. The molecule has 0 spiro atoms. The fourth-order valence-electron chi connectivity index (χ4n) is 3.47. The zero-order chi connectivity index (χ0) is 12.0. The Bertz CT molecular complexity index is 182. The van der Waals surface area contributed by atoms with Crippen LogP contribution in [0.25, 0.3) is 0 Å². The van der Waals surface area contributed by atoms with Crippen molar-refractivity contribution in [3.63, 3.8) is 0 Å². The van der Waals surface area contributed by atoms with Crippen LogP contribution in [0.3, 0.4) is 0 Å². The topological polar surface area (TPSA) is 12.0 Å². The quantitative estimate of drug-likeness (QED) is 0.708. The van der Waals surface area contributed by atoms with E-state index in [9.17, 15) is 0 Å². The molecule has 1 fully saturated rings. The Hall–Kier alpha value is -0.0400. The molecule has 0 heterocycles. The highest BCUT2D eigenvalue weighted by Crippen LogP contribution is 2.40. The second-order valence-corrected chi connectivity index (χ2v) is 6.19. The molecule has 1 aliphatic rings. The van der Waals surface area contributed by atoms with Crippen LogP contribution in [0.15, 0.2) is 0 Å². The van der Waals surface area contributed by atoms with E-state index in [1.165, 1.54) is 51.4 Å². The molecule has 1 aliphatic carbocycles. The lowest BCUT2D eigenvalue weighted by molar-refractivity contribution is 0.130. The van der Waals surface area contributed by atoms with Gasteiger partial charge in [-0.15, -0.1) is 0 Å². The van der Waals surface area contributed by atoms with Crippen LogP contribution in [-0.4, -0.2) is 13.1 Å². The Kier molecular flexibility index (Phi) is 5.82. The maximum atomic E-state index is 3.60. The lowest BCUT2D eigenvalue weighted by Crippen LogP contribution is -2.44. The molecule has 96 valence electrons. The van der Waals surface area contributed by atoms with Gasteiger partial charge < -0.3 is 5.32 Å². The van der Waals surface area contributed by atoms with Crippen LogP contribution in [0, 0.1) is 11.3 Å². The predicted octanol–water partition coefficient (Wildman–Crippen LogP) is 4.37. The summed E-state index contributed by atoms with van der Waals surface area (Å²) in [5.41, 5.74) is 0.564. The Morgan fingerprint density at radius 2 is 1.81 bits per heavy atom. The molecule has 0 amide bonds. The number of rotatable bonds is 6. The van der Waals surface area contributed by atoms with E-state index in [0.29, 0.717) is 5.41 Å². The first-order valence-corrected chi connectivity index (χ1v) is 7.29. The van der Waals surface area contributed by atoms with Gasteiger partial charge in [-0.25, -0.2) is 0 Å². The molecule has 0 aromatic rings. The Balaban J connectivity index is 2.51. The third kappa shape index (κ3) is 3.76. The Labute approximate surface area is 102 Å². The van der Waals surface area contributed by atoms with Crippen molar-refractivity contribution in [2.75, 3.05) is 7.05 Å². The third-order valence-electron chi connectivity index (χ3n) is 4.61. The van der Waals surface area contributed by atoms with Gasteiger partial charge in [0, 0.05) is 6.04 Å². The van der Waals surface area contributed by atoms with Crippen molar-refractivity contribution in [1.29, 1.82) is 0 Å². The molecule has 0 aromatic carbocycles. The van der Waals surface area contributed by atoms with Gasteiger partial charge in [0.2, 0.25) is 0 Å². The van der Waals surface area contributed by atoms with Gasteiger partial charge in [0.1, 0.15) is 0 Å². The van der Waals surface area contributed by atoms with Crippen molar-refractivity contribution < 1.29 is 0 Å². The van der Waals surface area contributed by atoms with E-state index in [2.05, 4.69) is 33.1 Å². The third-order valence-corrected chi connectivity index (χ3v) is 4.61. The zero-order valence-corrected chi connectivity index (χ0v) is 11.8.